The minimum absolute atomic E-state index is 0.0528. The van der Waals surface area contributed by atoms with Gasteiger partial charge in [-0.15, -0.1) is 0 Å². The Bertz CT molecular complexity index is 849. The zero-order valence-electron chi connectivity index (χ0n) is 16.4. The van der Waals surface area contributed by atoms with Crippen molar-refractivity contribution in [2.24, 2.45) is 13.0 Å². The van der Waals surface area contributed by atoms with E-state index in [4.69, 9.17) is 9.47 Å². The van der Waals surface area contributed by atoms with Crippen LogP contribution in [0.25, 0.3) is 0 Å². The molecule has 8 nitrogen and oxygen atoms in total. The number of pyridine rings is 1. The van der Waals surface area contributed by atoms with Crippen LogP contribution in [0.1, 0.15) is 41.3 Å². The van der Waals surface area contributed by atoms with Crippen LogP contribution >= 0.6 is 0 Å². The number of hydrogen-bond acceptors (Lipinski definition) is 5. The lowest BCUT2D eigenvalue weighted by Gasteiger charge is -2.39. The number of aryl methyl sites for hydroxylation is 1. The van der Waals surface area contributed by atoms with Crippen molar-refractivity contribution < 1.29 is 19.1 Å². The Morgan fingerprint density at radius 3 is 2.96 bits per heavy atom. The van der Waals surface area contributed by atoms with E-state index in [9.17, 15) is 14.4 Å². The molecule has 1 aromatic rings. The quantitative estimate of drug-likeness (QED) is 0.778. The molecule has 1 saturated heterocycles. The summed E-state index contributed by atoms with van der Waals surface area (Å²) in [5.74, 6) is -0.0185. The molecule has 0 spiro atoms. The van der Waals surface area contributed by atoms with Crippen molar-refractivity contribution in [3.63, 3.8) is 0 Å². The molecule has 2 fully saturated rings. The van der Waals surface area contributed by atoms with E-state index in [1.54, 1.807) is 18.1 Å². The fourth-order valence-electron chi connectivity index (χ4n) is 4.52. The van der Waals surface area contributed by atoms with Crippen molar-refractivity contribution in [2.45, 2.75) is 44.9 Å². The number of nitrogens with one attached hydrogen (secondary N) is 1. The third-order valence-corrected chi connectivity index (χ3v) is 6.16. The molecule has 0 bridgehead atoms. The van der Waals surface area contributed by atoms with Gasteiger partial charge in [-0.05, 0) is 37.3 Å². The molecule has 152 valence electrons. The topological polar surface area (TPSA) is 89.9 Å². The van der Waals surface area contributed by atoms with Gasteiger partial charge < -0.3 is 24.3 Å². The monoisotopic (exact) mass is 389 g/mol. The fourth-order valence-corrected chi connectivity index (χ4v) is 4.52. The summed E-state index contributed by atoms with van der Waals surface area (Å²) < 4.78 is 12.3. The molecule has 1 N–H and O–H groups in total. The van der Waals surface area contributed by atoms with Gasteiger partial charge in [-0.3, -0.25) is 14.4 Å². The molecular weight excluding hydrogens is 362 g/mol. The minimum atomic E-state index is -0.304. The van der Waals surface area contributed by atoms with Gasteiger partial charge in [-0.2, -0.15) is 0 Å². The van der Waals surface area contributed by atoms with E-state index in [1.807, 2.05) is 6.92 Å². The largest absolute Gasteiger partial charge is 0.378 e. The standard InChI is InChI=1S/C20H27N3O5/c1-3-27-11-17(24)23-6-4-13-12(10-23)9-22(2)20(26)18(13)19(25)21-15-8-16-14(15)5-7-28-16/h9,14-16H,3-8,10-11H2,1-2H3,(H,21,25)/t14-,15+,16+/m0/s1. The predicted octanol–water partition coefficient (Wildman–Crippen LogP) is 0.214. The highest BCUT2D eigenvalue weighted by Crippen LogP contribution is 2.38. The lowest BCUT2D eigenvalue weighted by atomic mass is 9.76. The summed E-state index contributed by atoms with van der Waals surface area (Å²) in [5, 5.41) is 3.05. The summed E-state index contributed by atoms with van der Waals surface area (Å²) in [5.41, 5.74) is 1.54. The van der Waals surface area contributed by atoms with Crippen LogP contribution in [-0.4, -0.2) is 59.8 Å². The summed E-state index contributed by atoms with van der Waals surface area (Å²) in [6, 6.07) is 0.0772. The van der Waals surface area contributed by atoms with Gasteiger partial charge in [0.05, 0.1) is 6.10 Å². The minimum Gasteiger partial charge on any atom is -0.378 e. The summed E-state index contributed by atoms with van der Waals surface area (Å²) in [7, 11) is 1.64. The van der Waals surface area contributed by atoms with Gasteiger partial charge in [0, 0.05) is 51.5 Å². The maximum Gasteiger partial charge on any atom is 0.263 e. The number of aromatic nitrogens is 1. The molecule has 1 aliphatic carbocycles. The average molecular weight is 389 g/mol. The van der Waals surface area contributed by atoms with Gasteiger partial charge in [0.1, 0.15) is 12.2 Å². The van der Waals surface area contributed by atoms with Crippen molar-refractivity contribution >= 4 is 11.8 Å². The smallest absolute Gasteiger partial charge is 0.263 e. The van der Waals surface area contributed by atoms with Crippen molar-refractivity contribution in [1.29, 1.82) is 0 Å². The van der Waals surface area contributed by atoms with Gasteiger partial charge in [0.25, 0.3) is 11.5 Å². The van der Waals surface area contributed by atoms with Crippen LogP contribution in [0.15, 0.2) is 11.0 Å². The van der Waals surface area contributed by atoms with Crippen LogP contribution in [0.5, 0.6) is 0 Å². The van der Waals surface area contributed by atoms with Crippen LogP contribution < -0.4 is 10.9 Å². The van der Waals surface area contributed by atoms with Gasteiger partial charge >= 0.3 is 0 Å². The molecule has 3 atom stereocenters. The summed E-state index contributed by atoms with van der Waals surface area (Å²) >= 11 is 0. The number of nitrogens with zero attached hydrogens (tertiary/aromatic N) is 2. The fraction of sp³-hybridized carbons (Fsp3) is 0.650. The molecule has 3 heterocycles. The van der Waals surface area contributed by atoms with Crippen LogP contribution in [0, 0.1) is 5.92 Å². The highest BCUT2D eigenvalue weighted by atomic mass is 16.5. The van der Waals surface area contributed by atoms with Gasteiger partial charge in [0.15, 0.2) is 0 Å². The van der Waals surface area contributed by atoms with Crippen LogP contribution in [0.4, 0.5) is 0 Å². The Labute approximate surface area is 163 Å². The lowest BCUT2D eigenvalue weighted by Crippen LogP contribution is -2.54. The highest BCUT2D eigenvalue weighted by Gasteiger charge is 2.46. The van der Waals surface area contributed by atoms with Crippen LogP contribution in [0.3, 0.4) is 0 Å². The molecular formula is C20H27N3O5. The number of hydrogen-bond donors (Lipinski definition) is 1. The first kappa shape index (κ1) is 19.1. The second-order valence-electron chi connectivity index (χ2n) is 7.80. The summed E-state index contributed by atoms with van der Waals surface area (Å²) in [6.45, 7) is 4.00. The molecule has 2 amide bonds. The van der Waals surface area contributed by atoms with Crippen molar-refractivity contribution in [2.75, 3.05) is 26.4 Å². The normalized spacial score (nSPS) is 25.6. The Balaban J connectivity index is 1.54. The molecule has 4 rings (SSSR count). The summed E-state index contributed by atoms with van der Waals surface area (Å²) in [6.07, 6.45) is 4.25. The second kappa shape index (κ2) is 7.67. The van der Waals surface area contributed by atoms with Gasteiger partial charge in [0.2, 0.25) is 5.91 Å². The van der Waals surface area contributed by atoms with E-state index in [-0.39, 0.29) is 41.7 Å². The Kier molecular flexibility index (Phi) is 5.25. The van der Waals surface area contributed by atoms with Crippen LogP contribution in [0.2, 0.25) is 0 Å². The summed E-state index contributed by atoms with van der Waals surface area (Å²) in [4.78, 5) is 39.7. The number of carbonyl (C=O) groups excluding carboxylic acids is 2. The molecule has 0 aromatic carbocycles. The molecule has 1 aromatic heterocycles. The van der Waals surface area contributed by atoms with Crippen molar-refractivity contribution in [1.82, 2.24) is 14.8 Å². The zero-order chi connectivity index (χ0) is 19.8. The molecule has 0 radical (unpaired) electrons. The molecule has 1 saturated carbocycles. The van der Waals surface area contributed by atoms with Gasteiger partial charge in [-0.1, -0.05) is 0 Å². The van der Waals surface area contributed by atoms with Crippen LogP contribution in [-0.2, 0) is 34.3 Å². The van der Waals surface area contributed by atoms with E-state index in [2.05, 4.69) is 5.32 Å². The number of fused-ring (bicyclic) bond motifs is 2. The first-order valence-corrected chi connectivity index (χ1v) is 9.99. The zero-order valence-corrected chi connectivity index (χ0v) is 16.4. The van der Waals surface area contributed by atoms with Gasteiger partial charge in [-0.25, -0.2) is 0 Å². The van der Waals surface area contributed by atoms with E-state index in [0.717, 1.165) is 30.6 Å². The SMILES string of the molecule is CCOCC(=O)N1CCc2c(cn(C)c(=O)c2C(=O)N[C@@H]2C[C@H]3OCC[C@@H]23)C1. The maximum atomic E-state index is 13.0. The molecule has 28 heavy (non-hydrogen) atoms. The molecule has 8 heteroatoms. The van der Waals surface area contributed by atoms with E-state index in [1.165, 1.54) is 4.57 Å². The first-order valence-electron chi connectivity index (χ1n) is 9.99. The number of ether oxygens (including phenoxy) is 2. The Hall–Kier alpha value is -2.19. The third-order valence-electron chi connectivity index (χ3n) is 6.16. The second-order valence-corrected chi connectivity index (χ2v) is 7.80. The Morgan fingerprint density at radius 2 is 2.21 bits per heavy atom. The van der Waals surface area contributed by atoms with Crippen molar-refractivity contribution in [3.8, 4) is 0 Å². The number of carbonyl (C=O) groups is 2. The van der Waals surface area contributed by atoms with E-state index >= 15 is 0 Å². The van der Waals surface area contributed by atoms with Crippen molar-refractivity contribution in [3.05, 3.63) is 33.2 Å². The maximum absolute atomic E-state index is 13.0. The predicted molar refractivity (Wildman–Crippen MR) is 101 cm³/mol. The molecule has 0 unspecified atom stereocenters. The average Bonchev–Trinajstić information content (AvgIpc) is 3.05. The molecule has 3 aliphatic rings. The lowest BCUT2D eigenvalue weighted by molar-refractivity contribution is -0.136. The van der Waals surface area contributed by atoms with E-state index in [0.29, 0.717) is 32.0 Å². The number of amides is 2. The number of rotatable bonds is 5. The third kappa shape index (κ3) is 3.35. The Morgan fingerprint density at radius 1 is 1.39 bits per heavy atom. The highest BCUT2D eigenvalue weighted by molar-refractivity contribution is 5.96. The first-order chi connectivity index (χ1) is 13.5. The molecule has 2 aliphatic heterocycles. The van der Waals surface area contributed by atoms with E-state index < -0.39 is 0 Å².